The number of thioether (sulfide) groups is 1. The van der Waals surface area contributed by atoms with E-state index in [0.717, 1.165) is 11.8 Å². The predicted octanol–water partition coefficient (Wildman–Crippen LogP) is 2.90. The molecule has 12 heteroatoms. The largest absolute Gasteiger partial charge is 0.481 e. The molecular weight excluding hydrogens is 412 g/mol. The number of hydrogen-bond acceptors (Lipinski definition) is 8. The first kappa shape index (κ1) is 19.6. The maximum absolute atomic E-state index is 11.6. The highest BCUT2D eigenvalue weighted by atomic mass is 35.5. The van der Waals surface area contributed by atoms with Crippen molar-refractivity contribution in [1.29, 1.82) is 0 Å². The molecule has 1 saturated heterocycles. The molecular formula is C16H11ClN4O6S. The van der Waals surface area contributed by atoms with Crippen LogP contribution in [0.2, 0.25) is 5.02 Å². The van der Waals surface area contributed by atoms with Crippen molar-refractivity contribution < 1.29 is 24.0 Å². The molecule has 10 nitrogen and oxygen atoms in total. The third kappa shape index (κ3) is 4.56. The van der Waals surface area contributed by atoms with E-state index in [0.29, 0.717) is 22.1 Å². The average molecular weight is 423 g/mol. The number of furan rings is 1. The second-order valence-corrected chi connectivity index (χ2v) is 7.07. The lowest BCUT2D eigenvalue weighted by atomic mass is 10.1. The predicted molar refractivity (Wildman–Crippen MR) is 103 cm³/mol. The minimum absolute atomic E-state index is 0.123. The summed E-state index contributed by atoms with van der Waals surface area (Å²) in [4.78, 5) is 32.7. The Kier molecular flexibility index (Phi) is 5.76. The molecule has 0 unspecified atom stereocenters. The number of halogens is 1. The number of aliphatic carboxylic acids is 1. The number of rotatable bonds is 6. The van der Waals surface area contributed by atoms with Gasteiger partial charge in [-0.2, -0.15) is 5.10 Å². The van der Waals surface area contributed by atoms with Crippen molar-refractivity contribution >= 4 is 52.3 Å². The number of nitro groups is 1. The van der Waals surface area contributed by atoms with Crippen LogP contribution in [0.25, 0.3) is 11.3 Å². The van der Waals surface area contributed by atoms with E-state index in [4.69, 9.17) is 21.1 Å². The molecule has 0 saturated carbocycles. The van der Waals surface area contributed by atoms with E-state index in [9.17, 15) is 19.7 Å². The summed E-state index contributed by atoms with van der Waals surface area (Å²) in [5.74, 6) is -0.909. The number of carboxylic acid groups (broad SMARTS) is 1. The molecule has 1 amide bonds. The number of carboxylic acids is 1. The lowest BCUT2D eigenvalue weighted by Gasteiger charge is -2.00. The van der Waals surface area contributed by atoms with Crippen molar-refractivity contribution in [3.63, 3.8) is 0 Å². The van der Waals surface area contributed by atoms with Crippen molar-refractivity contribution in [2.45, 2.75) is 11.7 Å². The van der Waals surface area contributed by atoms with Gasteiger partial charge < -0.3 is 14.8 Å². The number of non-ortho nitro benzene ring substituents is 1. The number of nitro benzene ring substituents is 1. The zero-order valence-electron chi connectivity index (χ0n) is 13.9. The Morgan fingerprint density at radius 3 is 2.93 bits per heavy atom. The van der Waals surface area contributed by atoms with E-state index in [1.54, 1.807) is 12.1 Å². The van der Waals surface area contributed by atoms with Gasteiger partial charge in [0, 0.05) is 17.7 Å². The van der Waals surface area contributed by atoms with E-state index in [1.807, 2.05) is 0 Å². The number of nitrogens with one attached hydrogen (secondary N) is 1. The van der Waals surface area contributed by atoms with Crippen LogP contribution in [0.1, 0.15) is 12.2 Å². The maximum Gasteiger partial charge on any atom is 0.305 e. The monoisotopic (exact) mass is 422 g/mol. The maximum atomic E-state index is 11.6. The van der Waals surface area contributed by atoms with Gasteiger partial charge in [0.05, 0.1) is 22.6 Å². The Morgan fingerprint density at radius 2 is 2.21 bits per heavy atom. The standard InChI is InChI=1S/C16H11ClN4O6S/c17-11-3-1-8(21(25)26)5-10(11)12-4-2-9(27-12)7-18-20-16-19-15(24)13(28-16)6-14(22)23/h1-5,7,13H,6H2,(H,22,23)(H,19,20,24)/b18-7-/t13-/m1/s1. The molecule has 1 aliphatic rings. The quantitative estimate of drug-likeness (QED) is 0.413. The van der Waals surface area contributed by atoms with Gasteiger partial charge in [-0.3, -0.25) is 19.7 Å². The van der Waals surface area contributed by atoms with Gasteiger partial charge in [0.2, 0.25) is 5.91 Å². The lowest BCUT2D eigenvalue weighted by molar-refractivity contribution is -0.384. The van der Waals surface area contributed by atoms with Crippen LogP contribution in [-0.2, 0) is 9.59 Å². The van der Waals surface area contributed by atoms with Gasteiger partial charge >= 0.3 is 5.97 Å². The second kappa shape index (κ2) is 8.23. The van der Waals surface area contributed by atoms with Gasteiger partial charge in [-0.15, -0.1) is 5.10 Å². The van der Waals surface area contributed by atoms with Crippen molar-refractivity contribution in [2.24, 2.45) is 10.2 Å². The van der Waals surface area contributed by atoms with Gasteiger partial charge in [0.15, 0.2) is 5.17 Å². The fraction of sp³-hybridized carbons (Fsp3) is 0.125. The number of hydrogen-bond donors (Lipinski definition) is 2. The summed E-state index contributed by atoms with van der Waals surface area (Å²) in [5.41, 5.74) is 0.235. The SMILES string of the molecule is O=C(O)C[C@H]1S/C(=N\N=C/c2ccc(-c3cc([N+](=O)[O-])ccc3Cl)o2)NC1=O. The zero-order valence-corrected chi connectivity index (χ0v) is 15.4. The summed E-state index contributed by atoms with van der Waals surface area (Å²) in [5, 5.41) is 29.4. The summed E-state index contributed by atoms with van der Waals surface area (Å²) in [6, 6.07) is 7.15. The molecule has 2 heterocycles. The smallest absolute Gasteiger partial charge is 0.305 e. The van der Waals surface area contributed by atoms with E-state index < -0.39 is 22.0 Å². The van der Waals surface area contributed by atoms with Crippen LogP contribution < -0.4 is 5.32 Å². The molecule has 144 valence electrons. The first-order valence-corrected chi connectivity index (χ1v) is 8.93. The molecule has 1 fully saturated rings. The number of amidine groups is 1. The zero-order chi connectivity index (χ0) is 20.3. The Hall–Kier alpha value is -3.18. The summed E-state index contributed by atoms with van der Waals surface area (Å²) < 4.78 is 5.55. The molecule has 1 aliphatic heterocycles. The second-order valence-electron chi connectivity index (χ2n) is 5.47. The summed E-state index contributed by atoms with van der Waals surface area (Å²) >= 11 is 7.05. The van der Waals surface area contributed by atoms with E-state index >= 15 is 0 Å². The Bertz CT molecular complexity index is 1020. The van der Waals surface area contributed by atoms with Gasteiger partial charge in [0.25, 0.3) is 5.69 Å². The van der Waals surface area contributed by atoms with Crippen LogP contribution >= 0.6 is 23.4 Å². The summed E-state index contributed by atoms with van der Waals surface area (Å²) in [7, 11) is 0. The first-order valence-electron chi connectivity index (χ1n) is 7.68. The average Bonchev–Trinajstić information content (AvgIpc) is 3.22. The summed E-state index contributed by atoms with van der Waals surface area (Å²) in [6.07, 6.45) is 0.962. The Labute approximate surface area is 166 Å². The van der Waals surface area contributed by atoms with Crippen LogP contribution in [-0.4, -0.2) is 38.5 Å². The van der Waals surface area contributed by atoms with E-state index in [-0.39, 0.29) is 17.3 Å². The van der Waals surface area contributed by atoms with E-state index in [1.165, 1.54) is 24.4 Å². The number of benzene rings is 1. The lowest BCUT2D eigenvalue weighted by Crippen LogP contribution is -2.26. The molecule has 2 aromatic rings. The molecule has 0 spiro atoms. The minimum atomic E-state index is -1.08. The number of amides is 1. The van der Waals surface area contributed by atoms with Crippen molar-refractivity contribution in [3.8, 4) is 11.3 Å². The minimum Gasteiger partial charge on any atom is -0.481 e. The third-order valence-corrected chi connectivity index (χ3v) is 4.92. The number of carbonyl (C=O) groups excluding carboxylic acids is 1. The Balaban J connectivity index is 1.72. The highest BCUT2D eigenvalue weighted by Crippen LogP contribution is 2.32. The van der Waals surface area contributed by atoms with Crippen molar-refractivity contribution in [2.75, 3.05) is 0 Å². The molecule has 0 radical (unpaired) electrons. The van der Waals surface area contributed by atoms with Crippen molar-refractivity contribution in [3.05, 3.63) is 51.2 Å². The molecule has 28 heavy (non-hydrogen) atoms. The molecule has 1 aromatic heterocycles. The van der Waals surface area contributed by atoms with Gasteiger partial charge in [0.1, 0.15) is 16.8 Å². The molecule has 2 N–H and O–H groups in total. The Morgan fingerprint density at radius 1 is 1.43 bits per heavy atom. The fourth-order valence-electron chi connectivity index (χ4n) is 2.27. The normalized spacial score (nSPS) is 18.0. The summed E-state index contributed by atoms with van der Waals surface area (Å²) in [6.45, 7) is 0. The molecule has 0 bridgehead atoms. The fourth-order valence-corrected chi connectivity index (χ4v) is 3.39. The van der Waals surface area contributed by atoms with Crippen LogP contribution in [0.15, 0.2) is 45.0 Å². The first-order chi connectivity index (χ1) is 13.3. The van der Waals surface area contributed by atoms with Crippen LogP contribution in [0.4, 0.5) is 5.69 Å². The third-order valence-electron chi connectivity index (χ3n) is 3.52. The molecule has 1 aromatic carbocycles. The molecule has 3 rings (SSSR count). The molecule has 1 atom stereocenters. The highest BCUT2D eigenvalue weighted by molar-refractivity contribution is 8.15. The van der Waals surface area contributed by atoms with Gasteiger partial charge in [-0.1, -0.05) is 23.4 Å². The van der Waals surface area contributed by atoms with Crippen LogP contribution in [0.5, 0.6) is 0 Å². The van der Waals surface area contributed by atoms with Crippen LogP contribution in [0, 0.1) is 10.1 Å². The topological polar surface area (TPSA) is 147 Å². The van der Waals surface area contributed by atoms with Gasteiger partial charge in [-0.25, -0.2) is 0 Å². The van der Waals surface area contributed by atoms with Gasteiger partial charge in [-0.05, 0) is 18.2 Å². The number of carbonyl (C=O) groups is 2. The highest BCUT2D eigenvalue weighted by Gasteiger charge is 2.32. The van der Waals surface area contributed by atoms with E-state index in [2.05, 4.69) is 15.5 Å². The van der Waals surface area contributed by atoms with Crippen molar-refractivity contribution in [1.82, 2.24) is 5.32 Å². The number of nitrogens with zero attached hydrogens (tertiary/aromatic N) is 3. The molecule has 0 aliphatic carbocycles. The van der Waals surface area contributed by atoms with Crippen LogP contribution in [0.3, 0.4) is 0 Å².